The van der Waals surface area contributed by atoms with Gasteiger partial charge in [0.2, 0.25) is 5.88 Å². The summed E-state index contributed by atoms with van der Waals surface area (Å²) in [6, 6.07) is 11.9. The van der Waals surface area contributed by atoms with Gasteiger partial charge in [0.15, 0.2) is 0 Å². The number of rotatable bonds is 4. The quantitative estimate of drug-likeness (QED) is 0.689. The van der Waals surface area contributed by atoms with Crippen LogP contribution in [0.2, 0.25) is 0 Å². The Balaban J connectivity index is 1.77. The van der Waals surface area contributed by atoms with Gasteiger partial charge >= 0.3 is 0 Å². The molecule has 0 N–H and O–H groups in total. The lowest BCUT2D eigenvalue weighted by Crippen LogP contribution is -1.94. The summed E-state index contributed by atoms with van der Waals surface area (Å²) < 4.78 is 5.80. The van der Waals surface area contributed by atoms with Crippen LogP contribution < -0.4 is 4.74 Å². The van der Waals surface area contributed by atoms with E-state index in [1.807, 2.05) is 48.8 Å². The van der Waals surface area contributed by atoms with Gasteiger partial charge in [0.05, 0.1) is 0 Å². The molecule has 0 unspecified atom stereocenters. The maximum Gasteiger partial charge on any atom is 0.219 e. The molecule has 0 aliphatic heterocycles. The van der Waals surface area contributed by atoms with E-state index in [9.17, 15) is 0 Å². The zero-order valence-electron chi connectivity index (χ0n) is 12.0. The molecule has 0 amide bonds. The molecule has 2 heterocycles. The highest BCUT2D eigenvalue weighted by Gasteiger charge is 2.04. The molecule has 0 spiro atoms. The third-order valence-electron chi connectivity index (χ3n) is 3.31. The minimum absolute atomic E-state index is 0.631. The first kappa shape index (κ1) is 13.8. The molecule has 0 atom stereocenters. The van der Waals surface area contributed by atoms with Gasteiger partial charge in [0, 0.05) is 28.9 Å². The van der Waals surface area contributed by atoms with E-state index in [2.05, 4.69) is 23.0 Å². The van der Waals surface area contributed by atoms with Gasteiger partial charge in [-0.05, 0) is 43.2 Å². The molecule has 2 aromatic heterocycles. The molecule has 3 aromatic rings. The van der Waals surface area contributed by atoms with Crippen LogP contribution in [0.1, 0.15) is 18.2 Å². The Hall–Kier alpha value is -2.20. The van der Waals surface area contributed by atoms with Crippen LogP contribution in [0.25, 0.3) is 10.6 Å². The van der Waals surface area contributed by atoms with Crippen molar-refractivity contribution >= 4 is 11.3 Å². The van der Waals surface area contributed by atoms with Crippen molar-refractivity contribution in [1.29, 1.82) is 0 Å². The van der Waals surface area contributed by atoms with Crippen LogP contribution in [0.5, 0.6) is 11.6 Å². The maximum atomic E-state index is 5.80. The van der Waals surface area contributed by atoms with Crippen molar-refractivity contribution in [3.8, 4) is 22.2 Å². The molecular formula is C17H16N2OS. The van der Waals surface area contributed by atoms with E-state index < -0.39 is 0 Å². The van der Waals surface area contributed by atoms with E-state index in [1.165, 1.54) is 5.56 Å². The predicted molar refractivity (Wildman–Crippen MR) is 86.0 cm³/mol. The van der Waals surface area contributed by atoms with E-state index in [0.29, 0.717) is 5.88 Å². The van der Waals surface area contributed by atoms with Gasteiger partial charge in [0.25, 0.3) is 0 Å². The monoisotopic (exact) mass is 296 g/mol. The molecule has 3 nitrogen and oxygen atoms in total. The summed E-state index contributed by atoms with van der Waals surface area (Å²) in [6.45, 7) is 4.14. The number of thiazole rings is 1. The normalized spacial score (nSPS) is 10.6. The number of ether oxygens (including phenoxy) is 1. The number of aromatic nitrogens is 2. The van der Waals surface area contributed by atoms with Crippen molar-refractivity contribution in [3.05, 3.63) is 59.2 Å². The Bertz CT molecular complexity index is 721. The van der Waals surface area contributed by atoms with Crippen LogP contribution in [-0.2, 0) is 6.42 Å². The molecule has 0 fully saturated rings. The van der Waals surface area contributed by atoms with E-state index >= 15 is 0 Å². The van der Waals surface area contributed by atoms with Crippen molar-refractivity contribution in [2.24, 2.45) is 0 Å². The van der Waals surface area contributed by atoms with Crippen molar-refractivity contribution in [3.63, 3.8) is 0 Å². The second-order valence-electron chi connectivity index (χ2n) is 4.71. The Labute approximate surface area is 128 Å². The van der Waals surface area contributed by atoms with Gasteiger partial charge in [-0.2, -0.15) is 0 Å². The highest BCUT2D eigenvalue weighted by atomic mass is 32.1. The molecule has 21 heavy (non-hydrogen) atoms. The van der Waals surface area contributed by atoms with Crippen LogP contribution >= 0.6 is 11.3 Å². The predicted octanol–water partition coefficient (Wildman–Crippen LogP) is 4.87. The first-order valence-electron chi connectivity index (χ1n) is 6.90. The summed E-state index contributed by atoms with van der Waals surface area (Å²) in [5.74, 6) is 1.41. The first-order valence-corrected chi connectivity index (χ1v) is 7.78. The summed E-state index contributed by atoms with van der Waals surface area (Å²) >= 11 is 1.63. The average molecular weight is 296 g/mol. The highest BCUT2D eigenvalue weighted by molar-refractivity contribution is 7.13. The summed E-state index contributed by atoms with van der Waals surface area (Å²) in [4.78, 5) is 8.78. The van der Waals surface area contributed by atoms with Crippen LogP contribution in [0.15, 0.2) is 48.0 Å². The van der Waals surface area contributed by atoms with Gasteiger partial charge in [-0.3, -0.25) is 0 Å². The fourth-order valence-electron chi connectivity index (χ4n) is 2.15. The van der Waals surface area contributed by atoms with Gasteiger partial charge in [-0.25, -0.2) is 9.97 Å². The van der Waals surface area contributed by atoms with Gasteiger partial charge in [-0.1, -0.05) is 13.0 Å². The molecule has 0 radical (unpaired) electrons. The summed E-state index contributed by atoms with van der Waals surface area (Å²) in [6.07, 6.45) is 2.80. The van der Waals surface area contributed by atoms with Crippen molar-refractivity contribution < 1.29 is 4.74 Å². The van der Waals surface area contributed by atoms with E-state index in [-0.39, 0.29) is 0 Å². The smallest absolute Gasteiger partial charge is 0.219 e. The van der Waals surface area contributed by atoms with E-state index in [1.54, 1.807) is 11.3 Å². The van der Waals surface area contributed by atoms with Crippen LogP contribution in [0, 0.1) is 6.92 Å². The lowest BCUT2D eigenvalue weighted by atomic mass is 10.1. The Morgan fingerprint density at radius 3 is 2.52 bits per heavy atom. The molecule has 3 rings (SSSR count). The second kappa shape index (κ2) is 6.06. The SMILES string of the molecule is CCc1ccc(Oc2ccc(-c3nccs3)cc2)nc1C. The van der Waals surface area contributed by atoms with Crippen LogP contribution in [-0.4, -0.2) is 9.97 Å². The van der Waals surface area contributed by atoms with Gasteiger partial charge in [-0.15, -0.1) is 11.3 Å². The Kier molecular flexibility index (Phi) is 3.97. The maximum absolute atomic E-state index is 5.80. The third kappa shape index (κ3) is 3.11. The lowest BCUT2D eigenvalue weighted by molar-refractivity contribution is 0.461. The van der Waals surface area contributed by atoms with Crippen LogP contribution in [0.4, 0.5) is 0 Å². The van der Waals surface area contributed by atoms with Crippen LogP contribution in [0.3, 0.4) is 0 Å². The molecule has 0 saturated carbocycles. The first-order chi connectivity index (χ1) is 10.3. The molecule has 4 heteroatoms. The Morgan fingerprint density at radius 1 is 1.10 bits per heavy atom. The van der Waals surface area contributed by atoms with E-state index in [0.717, 1.165) is 28.4 Å². The summed E-state index contributed by atoms with van der Waals surface area (Å²) in [7, 11) is 0. The average Bonchev–Trinajstić information content (AvgIpc) is 3.02. The third-order valence-corrected chi connectivity index (χ3v) is 4.13. The lowest BCUT2D eigenvalue weighted by Gasteiger charge is -2.08. The Morgan fingerprint density at radius 2 is 1.90 bits per heavy atom. The minimum Gasteiger partial charge on any atom is -0.439 e. The number of nitrogens with zero attached hydrogens (tertiary/aromatic N) is 2. The molecule has 0 bridgehead atoms. The number of aryl methyl sites for hydroxylation is 2. The standard InChI is InChI=1S/C17H16N2OS/c1-3-13-6-9-16(19-12(13)2)20-15-7-4-14(5-8-15)17-18-10-11-21-17/h4-11H,3H2,1-2H3. The fraction of sp³-hybridized carbons (Fsp3) is 0.176. The zero-order chi connectivity index (χ0) is 14.7. The zero-order valence-corrected chi connectivity index (χ0v) is 12.9. The number of benzene rings is 1. The van der Waals surface area contributed by atoms with Gasteiger partial charge in [0.1, 0.15) is 10.8 Å². The molecular weight excluding hydrogens is 280 g/mol. The highest BCUT2D eigenvalue weighted by Crippen LogP contribution is 2.26. The van der Waals surface area contributed by atoms with Crippen molar-refractivity contribution in [1.82, 2.24) is 9.97 Å². The topological polar surface area (TPSA) is 35.0 Å². The number of hydrogen-bond donors (Lipinski definition) is 0. The fourth-order valence-corrected chi connectivity index (χ4v) is 2.79. The largest absolute Gasteiger partial charge is 0.439 e. The molecule has 0 aliphatic carbocycles. The summed E-state index contributed by atoms with van der Waals surface area (Å²) in [5, 5.41) is 2.99. The molecule has 0 aliphatic rings. The van der Waals surface area contributed by atoms with E-state index in [4.69, 9.17) is 4.74 Å². The summed E-state index contributed by atoms with van der Waals surface area (Å²) in [5.41, 5.74) is 3.37. The molecule has 0 saturated heterocycles. The second-order valence-corrected chi connectivity index (χ2v) is 5.61. The molecule has 106 valence electrons. The molecule has 1 aromatic carbocycles. The number of pyridine rings is 1. The number of hydrogen-bond acceptors (Lipinski definition) is 4. The van der Waals surface area contributed by atoms with Crippen molar-refractivity contribution in [2.45, 2.75) is 20.3 Å². The van der Waals surface area contributed by atoms with Crippen molar-refractivity contribution in [2.75, 3.05) is 0 Å². The minimum atomic E-state index is 0.631. The van der Waals surface area contributed by atoms with Gasteiger partial charge < -0.3 is 4.74 Å².